The molecular weight excluding hydrogens is 417 g/mol. The molecule has 4 aromatic rings. The van der Waals surface area contributed by atoms with Gasteiger partial charge in [-0.25, -0.2) is 13.8 Å². The third-order valence-electron chi connectivity index (χ3n) is 4.50. The van der Waals surface area contributed by atoms with Crippen molar-refractivity contribution >= 4 is 23.2 Å². The van der Waals surface area contributed by atoms with Crippen molar-refractivity contribution < 1.29 is 13.9 Å². The summed E-state index contributed by atoms with van der Waals surface area (Å²) in [6.07, 6.45) is 0. The first-order valence-electron chi connectivity index (χ1n) is 8.69. The molecular formula is C22H14Cl2F2N2O. The van der Waals surface area contributed by atoms with E-state index in [2.05, 4.69) is 4.98 Å². The molecule has 1 heterocycles. The molecule has 0 aliphatic carbocycles. The minimum Gasteiger partial charge on any atom is -0.390 e. The molecule has 0 atom stereocenters. The lowest BCUT2D eigenvalue weighted by Crippen LogP contribution is -2.04. The van der Waals surface area contributed by atoms with E-state index in [1.165, 1.54) is 24.3 Å². The van der Waals surface area contributed by atoms with Crippen LogP contribution in [0.4, 0.5) is 8.78 Å². The highest BCUT2D eigenvalue weighted by atomic mass is 35.5. The quantitative estimate of drug-likeness (QED) is 0.413. The van der Waals surface area contributed by atoms with E-state index in [9.17, 15) is 9.50 Å². The Bertz CT molecular complexity index is 1190. The number of aliphatic hydroxyl groups excluding tert-OH is 1. The van der Waals surface area contributed by atoms with Gasteiger partial charge in [0, 0.05) is 11.1 Å². The van der Waals surface area contributed by atoms with Crippen molar-refractivity contribution in [1.82, 2.24) is 9.55 Å². The summed E-state index contributed by atoms with van der Waals surface area (Å²) in [4.78, 5) is 4.54. The molecule has 0 spiro atoms. The number of hydrogen-bond donors (Lipinski definition) is 1. The first-order chi connectivity index (χ1) is 14.0. The van der Waals surface area contributed by atoms with Crippen molar-refractivity contribution in [2.24, 2.45) is 0 Å². The van der Waals surface area contributed by atoms with Crippen LogP contribution in [-0.2, 0) is 6.61 Å². The fourth-order valence-corrected chi connectivity index (χ4v) is 3.55. The first-order valence-corrected chi connectivity index (χ1v) is 9.44. The van der Waals surface area contributed by atoms with Gasteiger partial charge >= 0.3 is 0 Å². The van der Waals surface area contributed by atoms with Crippen LogP contribution in [-0.4, -0.2) is 14.7 Å². The zero-order chi connectivity index (χ0) is 20.5. The summed E-state index contributed by atoms with van der Waals surface area (Å²) in [7, 11) is 0. The van der Waals surface area contributed by atoms with E-state index < -0.39 is 18.2 Å². The predicted molar refractivity (Wildman–Crippen MR) is 110 cm³/mol. The van der Waals surface area contributed by atoms with E-state index in [1.54, 1.807) is 16.7 Å². The SMILES string of the molecule is OCc1nc(-c2ccccc2)n(-c2cccc(Cl)c2F)c1-c1ccc(F)c(Cl)c1. The summed E-state index contributed by atoms with van der Waals surface area (Å²) in [5.74, 6) is -0.807. The van der Waals surface area contributed by atoms with Gasteiger partial charge in [-0.05, 0) is 30.3 Å². The van der Waals surface area contributed by atoms with Crippen LogP contribution in [0.3, 0.4) is 0 Å². The van der Waals surface area contributed by atoms with Crippen LogP contribution >= 0.6 is 23.2 Å². The third kappa shape index (κ3) is 3.53. The number of hydrogen-bond acceptors (Lipinski definition) is 2. The number of halogens is 4. The van der Waals surface area contributed by atoms with Crippen molar-refractivity contribution in [3.05, 3.63) is 94.1 Å². The number of aliphatic hydroxyl groups is 1. The second-order valence-corrected chi connectivity index (χ2v) is 7.11. The van der Waals surface area contributed by atoms with E-state index in [1.807, 2.05) is 30.3 Å². The van der Waals surface area contributed by atoms with Gasteiger partial charge in [0.15, 0.2) is 5.82 Å². The Morgan fingerprint density at radius 1 is 0.862 bits per heavy atom. The summed E-state index contributed by atoms with van der Waals surface area (Å²) in [5.41, 5.74) is 2.04. The summed E-state index contributed by atoms with van der Waals surface area (Å²) in [6.45, 7) is -0.403. The topological polar surface area (TPSA) is 38.1 Å². The van der Waals surface area contributed by atoms with Gasteiger partial charge in [-0.2, -0.15) is 0 Å². The Kier molecular flexibility index (Phi) is 5.37. The lowest BCUT2D eigenvalue weighted by Gasteiger charge is -2.15. The maximum absolute atomic E-state index is 15.0. The summed E-state index contributed by atoms with van der Waals surface area (Å²) >= 11 is 12.0. The van der Waals surface area contributed by atoms with Gasteiger partial charge < -0.3 is 5.11 Å². The van der Waals surface area contributed by atoms with Crippen LogP contribution in [0.1, 0.15) is 5.69 Å². The fourth-order valence-electron chi connectivity index (χ4n) is 3.20. The molecule has 3 aromatic carbocycles. The van der Waals surface area contributed by atoms with Gasteiger partial charge in [0.25, 0.3) is 0 Å². The normalized spacial score (nSPS) is 11.1. The molecule has 0 saturated heterocycles. The van der Waals surface area contributed by atoms with Crippen LogP contribution < -0.4 is 0 Å². The van der Waals surface area contributed by atoms with Crippen LogP contribution in [0, 0.1) is 11.6 Å². The molecule has 0 fully saturated rings. The lowest BCUT2D eigenvalue weighted by atomic mass is 10.1. The smallest absolute Gasteiger partial charge is 0.165 e. The van der Waals surface area contributed by atoms with Gasteiger partial charge in [-0.1, -0.05) is 59.6 Å². The molecule has 1 aromatic heterocycles. The zero-order valence-corrected chi connectivity index (χ0v) is 16.4. The molecule has 0 radical (unpaired) electrons. The molecule has 1 N–H and O–H groups in total. The van der Waals surface area contributed by atoms with Crippen LogP contribution in [0.2, 0.25) is 10.0 Å². The number of nitrogens with zero attached hydrogens (tertiary/aromatic N) is 2. The minimum absolute atomic E-state index is 0.0520. The Morgan fingerprint density at radius 3 is 2.31 bits per heavy atom. The molecule has 0 unspecified atom stereocenters. The largest absolute Gasteiger partial charge is 0.390 e. The van der Waals surface area contributed by atoms with Crippen molar-refractivity contribution in [3.8, 4) is 28.3 Å². The van der Waals surface area contributed by atoms with Crippen LogP contribution in [0.15, 0.2) is 66.7 Å². The zero-order valence-electron chi connectivity index (χ0n) is 14.9. The van der Waals surface area contributed by atoms with Crippen molar-refractivity contribution in [1.29, 1.82) is 0 Å². The predicted octanol–water partition coefficient (Wildman–Crippen LogP) is 6.28. The van der Waals surface area contributed by atoms with Gasteiger partial charge in [-0.3, -0.25) is 4.57 Å². The summed E-state index contributed by atoms with van der Waals surface area (Å²) in [5, 5.41) is 9.81. The standard InChI is InChI=1S/C22H14Cl2F2N2O/c23-15-7-4-8-19(20(15)26)28-21(14-9-10-17(25)16(24)11-14)18(12-29)27-22(28)13-5-2-1-3-6-13/h1-11,29H,12H2. The molecule has 0 aliphatic heterocycles. The average Bonchev–Trinajstić information content (AvgIpc) is 3.12. The molecule has 0 bridgehead atoms. The first kappa shape index (κ1) is 19.6. The second kappa shape index (κ2) is 7.95. The van der Waals surface area contributed by atoms with Crippen molar-refractivity contribution in [2.45, 2.75) is 6.61 Å². The maximum atomic E-state index is 15.0. The number of benzene rings is 3. The minimum atomic E-state index is -0.636. The Hall–Kier alpha value is -2.73. The molecule has 0 saturated carbocycles. The van der Waals surface area contributed by atoms with Gasteiger partial charge in [0.05, 0.1) is 33.7 Å². The number of imidazole rings is 1. The molecule has 146 valence electrons. The molecule has 7 heteroatoms. The maximum Gasteiger partial charge on any atom is 0.165 e. The number of rotatable bonds is 4. The highest BCUT2D eigenvalue weighted by molar-refractivity contribution is 6.31. The van der Waals surface area contributed by atoms with E-state index in [-0.39, 0.29) is 15.7 Å². The van der Waals surface area contributed by atoms with Gasteiger partial charge in [0.2, 0.25) is 0 Å². The average molecular weight is 431 g/mol. The van der Waals surface area contributed by atoms with E-state index >= 15 is 4.39 Å². The van der Waals surface area contributed by atoms with E-state index in [0.717, 1.165) is 0 Å². The fraction of sp³-hybridized carbons (Fsp3) is 0.0455. The summed E-state index contributed by atoms with van der Waals surface area (Å²) in [6, 6.07) is 17.9. The molecule has 3 nitrogen and oxygen atoms in total. The highest BCUT2D eigenvalue weighted by Crippen LogP contribution is 2.36. The molecule has 0 amide bonds. The van der Waals surface area contributed by atoms with Crippen molar-refractivity contribution in [3.63, 3.8) is 0 Å². The molecule has 0 aliphatic rings. The highest BCUT2D eigenvalue weighted by Gasteiger charge is 2.23. The molecule has 4 rings (SSSR count). The van der Waals surface area contributed by atoms with Gasteiger partial charge in [0.1, 0.15) is 11.6 Å². The number of aromatic nitrogens is 2. The second-order valence-electron chi connectivity index (χ2n) is 6.29. The lowest BCUT2D eigenvalue weighted by molar-refractivity contribution is 0.278. The monoisotopic (exact) mass is 430 g/mol. The van der Waals surface area contributed by atoms with Crippen molar-refractivity contribution in [2.75, 3.05) is 0 Å². The summed E-state index contributed by atoms with van der Waals surface area (Å²) < 4.78 is 30.3. The van der Waals surface area contributed by atoms with Gasteiger partial charge in [-0.15, -0.1) is 0 Å². The van der Waals surface area contributed by atoms with Crippen LogP contribution in [0.5, 0.6) is 0 Å². The van der Waals surface area contributed by atoms with E-state index in [0.29, 0.717) is 28.3 Å². The van der Waals surface area contributed by atoms with E-state index in [4.69, 9.17) is 23.2 Å². The Balaban J connectivity index is 2.10. The Morgan fingerprint density at radius 2 is 1.62 bits per heavy atom. The third-order valence-corrected chi connectivity index (χ3v) is 5.08. The molecule has 29 heavy (non-hydrogen) atoms. The van der Waals surface area contributed by atoms with Crippen LogP contribution in [0.25, 0.3) is 28.3 Å². The Labute approximate surface area is 175 Å².